The number of halogens is 1. The Morgan fingerprint density at radius 1 is 1.12 bits per heavy atom. The van der Waals surface area contributed by atoms with Gasteiger partial charge in [0.15, 0.2) is 0 Å². The molecule has 2 atom stereocenters. The zero-order valence-electron chi connectivity index (χ0n) is 16.2. The van der Waals surface area contributed by atoms with E-state index >= 15 is 0 Å². The number of carbonyl (C=O) groups is 1. The molecule has 0 bridgehead atoms. The van der Waals surface area contributed by atoms with Gasteiger partial charge in [-0.2, -0.15) is 0 Å². The summed E-state index contributed by atoms with van der Waals surface area (Å²) in [7, 11) is 0. The lowest BCUT2D eigenvalue weighted by Gasteiger charge is -2.30. The van der Waals surface area contributed by atoms with Crippen molar-refractivity contribution in [1.29, 1.82) is 0 Å². The largest absolute Gasteiger partial charge is 0.352 e. The monoisotopic (exact) mass is 379 g/mol. The molecule has 5 heteroatoms. The summed E-state index contributed by atoms with van der Waals surface area (Å²) in [6.07, 6.45) is 4.53. The predicted molar refractivity (Wildman–Crippen MR) is 109 cm³/mol. The molecule has 2 heterocycles. The van der Waals surface area contributed by atoms with Crippen LogP contribution in [0.15, 0.2) is 24.3 Å². The van der Waals surface area contributed by atoms with Crippen LogP contribution < -0.4 is 10.6 Å². The van der Waals surface area contributed by atoms with Crippen molar-refractivity contribution in [2.24, 2.45) is 11.8 Å². The smallest absolute Gasteiger partial charge is 0.223 e. The summed E-state index contributed by atoms with van der Waals surface area (Å²) in [6.45, 7) is 9.57. The summed E-state index contributed by atoms with van der Waals surface area (Å²) in [5.41, 5.74) is 2.56. The minimum Gasteiger partial charge on any atom is -0.352 e. The summed E-state index contributed by atoms with van der Waals surface area (Å²) in [5.74, 6) is 1.25. The predicted octanol–water partition coefficient (Wildman–Crippen LogP) is 3.34. The van der Waals surface area contributed by atoms with Crippen LogP contribution in [0, 0.1) is 11.8 Å². The van der Waals surface area contributed by atoms with E-state index < -0.39 is 0 Å². The van der Waals surface area contributed by atoms with Crippen LogP contribution in [0.2, 0.25) is 0 Å². The zero-order valence-corrected chi connectivity index (χ0v) is 17.0. The number of rotatable bonds is 5. The van der Waals surface area contributed by atoms with Gasteiger partial charge in [-0.05, 0) is 69.3 Å². The van der Waals surface area contributed by atoms with Crippen LogP contribution >= 0.6 is 12.4 Å². The van der Waals surface area contributed by atoms with Crippen LogP contribution in [-0.2, 0) is 17.9 Å². The topological polar surface area (TPSA) is 44.4 Å². The van der Waals surface area contributed by atoms with E-state index in [0.29, 0.717) is 12.6 Å². The van der Waals surface area contributed by atoms with Gasteiger partial charge in [0, 0.05) is 25.0 Å². The molecule has 1 aromatic rings. The van der Waals surface area contributed by atoms with Crippen molar-refractivity contribution in [3.05, 3.63) is 35.4 Å². The molecule has 26 heavy (non-hydrogen) atoms. The SMILES string of the molecule is CC1CCN(Cc2ccc(CNC(=O)[C@H]3CCN[C@@H](C)C3)cc2)CC1.Cl. The Kier molecular flexibility index (Phi) is 8.39. The minimum absolute atomic E-state index is 0. The van der Waals surface area contributed by atoms with Gasteiger partial charge in [-0.15, -0.1) is 12.4 Å². The third-order valence-corrected chi connectivity index (χ3v) is 5.77. The molecule has 2 N–H and O–H groups in total. The van der Waals surface area contributed by atoms with Crippen LogP contribution in [0.25, 0.3) is 0 Å². The van der Waals surface area contributed by atoms with Gasteiger partial charge in [0.2, 0.25) is 5.91 Å². The first-order valence-corrected chi connectivity index (χ1v) is 9.91. The van der Waals surface area contributed by atoms with E-state index in [1.54, 1.807) is 0 Å². The Labute approximate surface area is 164 Å². The van der Waals surface area contributed by atoms with Gasteiger partial charge in [0.1, 0.15) is 0 Å². The number of likely N-dealkylation sites (tertiary alicyclic amines) is 1. The second kappa shape index (κ2) is 10.3. The van der Waals surface area contributed by atoms with E-state index in [4.69, 9.17) is 0 Å². The molecular formula is C21H34ClN3O. The molecule has 0 unspecified atom stereocenters. The third-order valence-electron chi connectivity index (χ3n) is 5.77. The minimum atomic E-state index is 0. The van der Waals surface area contributed by atoms with Crippen molar-refractivity contribution in [2.45, 2.75) is 58.7 Å². The lowest BCUT2D eigenvalue weighted by Crippen LogP contribution is -2.42. The average Bonchev–Trinajstić information content (AvgIpc) is 2.63. The molecule has 3 rings (SSSR count). The van der Waals surface area contributed by atoms with Crippen LogP contribution in [0.1, 0.15) is 50.7 Å². The molecule has 4 nitrogen and oxygen atoms in total. The van der Waals surface area contributed by atoms with Crippen molar-refractivity contribution in [1.82, 2.24) is 15.5 Å². The van der Waals surface area contributed by atoms with Crippen LogP contribution in [0.5, 0.6) is 0 Å². The molecule has 2 saturated heterocycles. The molecule has 0 spiro atoms. The maximum absolute atomic E-state index is 12.3. The van der Waals surface area contributed by atoms with Gasteiger partial charge in [-0.25, -0.2) is 0 Å². The number of hydrogen-bond acceptors (Lipinski definition) is 3. The van der Waals surface area contributed by atoms with E-state index in [2.05, 4.69) is 53.6 Å². The molecule has 2 aliphatic heterocycles. The number of hydrogen-bond donors (Lipinski definition) is 2. The lowest BCUT2D eigenvalue weighted by molar-refractivity contribution is -0.126. The first kappa shape index (κ1) is 21.2. The second-order valence-corrected chi connectivity index (χ2v) is 8.07. The maximum Gasteiger partial charge on any atom is 0.223 e. The van der Waals surface area contributed by atoms with Crippen LogP contribution in [-0.4, -0.2) is 36.5 Å². The van der Waals surface area contributed by atoms with Crippen molar-refractivity contribution in [3.63, 3.8) is 0 Å². The number of nitrogens with zero attached hydrogens (tertiary/aromatic N) is 1. The summed E-state index contributed by atoms with van der Waals surface area (Å²) in [6, 6.07) is 9.19. The highest BCUT2D eigenvalue weighted by atomic mass is 35.5. The van der Waals surface area contributed by atoms with Crippen molar-refractivity contribution in [2.75, 3.05) is 19.6 Å². The molecule has 146 valence electrons. The quantitative estimate of drug-likeness (QED) is 0.824. The van der Waals surface area contributed by atoms with E-state index in [9.17, 15) is 4.79 Å². The van der Waals surface area contributed by atoms with Gasteiger partial charge in [-0.3, -0.25) is 9.69 Å². The fourth-order valence-corrected chi connectivity index (χ4v) is 3.94. The molecule has 0 radical (unpaired) electrons. The van der Waals surface area contributed by atoms with Gasteiger partial charge in [0.25, 0.3) is 0 Å². The standard InChI is InChI=1S/C21H33N3O.ClH/c1-16-8-11-24(12-9-16)15-19-5-3-18(4-6-19)14-23-21(25)20-7-10-22-17(2)13-20;/h3-6,16-17,20,22H,7-15H2,1-2H3,(H,23,25);1H/t17-,20-;/m0./s1. The highest BCUT2D eigenvalue weighted by Crippen LogP contribution is 2.19. The fraction of sp³-hybridized carbons (Fsp3) is 0.667. The second-order valence-electron chi connectivity index (χ2n) is 8.07. The number of piperidine rings is 2. The molecule has 0 aromatic heterocycles. The highest BCUT2D eigenvalue weighted by Gasteiger charge is 2.24. The lowest BCUT2D eigenvalue weighted by atomic mass is 9.92. The van der Waals surface area contributed by atoms with E-state index in [1.807, 2.05) is 0 Å². The molecule has 0 aliphatic carbocycles. The number of benzene rings is 1. The molecule has 1 aromatic carbocycles. The Bertz CT molecular complexity index is 555. The molecule has 0 saturated carbocycles. The van der Waals surface area contributed by atoms with E-state index in [1.165, 1.54) is 37.1 Å². The van der Waals surface area contributed by atoms with Crippen molar-refractivity contribution < 1.29 is 4.79 Å². The number of amides is 1. The average molecular weight is 380 g/mol. The number of carbonyl (C=O) groups excluding carboxylic acids is 1. The van der Waals surface area contributed by atoms with Crippen molar-refractivity contribution >= 4 is 18.3 Å². The molecule has 2 aliphatic rings. The third kappa shape index (κ3) is 6.26. The number of nitrogens with one attached hydrogen (secondary N) is 2. The molecule has 1 amide bonds. The first-order valence-electron chi connectivity index (χ1n) is 9.91. The molecular weight excluding hydrogens is 346 g/mol. The van der Waals surface area contributed by atoms with Crippen molar-refractivity contribution in [3.8, 4) is 0 Å². The fourth-order valence-electron chi connectivity index (χ4n) is 3.94. The summed E-state index contributed by atoms with van der Waals surface area (Å²) in [4.78, 5) is 14.9. The first-order chi connectivity index (χ1) is 12.1. The normalized spacial score (nSPS) is 24.7. The van der Waals surface area contributed by atoms with Gasteiger partial charge in [-0.1, -0.05) is 31.2 Å². The van der Waals surface area contributed by atoms with E-state index in [0.717, 1.165) is 31.8 Å². The summed E-state index contributed by atoms with van der Waals surface area (Å²) >= 11 is 0. The summed E-state index contributed by atoms with van der Waals surface area (Å²) < 4.78 is 0. The van der Waals surface area contributed by atoms with Crippen LogP contribution in [0.4, 0.5) is 0 Å². The Hall–Kier alpha value is -1.10. The van der Waals surface area contributed by atoms with Gasteiger partial charge >= 0.3 is 0 Å². The zero-order chi connectivity index (χ0) is 17.6. The highest BCUT2D eigenvalue weighted by molar-refractivity contribution is 5.85. The van der Waals surface area contributed by atoms with Gasteiger partial charge in [0.05, 0.1) is 0 Å². The Morgan fingerprint density at radius 2 is 1.77 bits per heavy atom. The van der Waals surface area contributed by atoms with Crippen LogP contribution in [0.3, 0.4) is 0 Å². The molecule has 2 fully saturated rings. The summed E-state index contributed by atoms with van der Waals surface area (Å²) in [5, 5.41) is 6.52. The van der Waals surface area contributed by atoms with E-state index in [-0.39, 0.29) is 24.2 Å². The Balaban J connectivity index is 0.00000243. The maximum atomic E-state index is 12.3. The van der Waals surface area contributed by atoms with Gasteiger partial charge < -0.3 is 10.6 Å². The Morgan fingerprint density at radius 3 is 2.42 bits per heavy atom.